The van der Waals surface area contributed by atoms with Crippen molar-refractivity contribution in [3.05, 3.63) is 58.6 Å². The summed E-state index contributed by atoms with van der Waals surface area (Å²) in [7, 11) is 1.62. The fourth-order valence-electron chi connectivity index (χ4n) is 3.14. The molecule has 6 nitrogen and oxygen atoms in total. The number of nitrogens with zero attached hydrogens (tertiary/aromatic N) is 2. The van der Waals surface area contributed by atoms with Crippen molar-refractivity contribution in [2.24, 2.45) is 0 Å². The zero-order valence-corrected chi connectivity index (χ0v) is 15.7. The molecule has 1 aliphatic heterocycles. The minimum absolute atomic E-state index is 0.0719. The molecule has 1 heterocycles. The minimum Gasteiger partial charge on any atom is -0.497 e. The lowest BCUT2D eigenvalue weighted by atomic mass is 10.0. The number of ether oxygens (including phenoxy) is 1. The van der Waals surface area contributed by atoms with Gasteiger partial charge in [0.25, 0.3) is 0 Å². The number of urea groups is 1. The molecule has 1 fully saturated rings. The summed E-state index contributed by atoms with van der Waals surface area (Å²) < 4.78 is 5.24. The third-order valence-corrected chi connectivity index (χ3v) is 4.94. The van der Waals surface area contributed by atoms with Gasteiger partial charge in [-0.2, -0.15) is 0 Å². The molecular weight excluding hydrogens is 364 g/mol. The van der Waals surface area contributed by atoms with Gasteiger partial charge in [-0.05, 0) is 35.4 Å². The molecule has 2 N–H and O–H groups in total. The van der Waals surface area contributed by atoms with Gasteiger partial charge in [-0.1, -0.05) is 29.8 Å². The Hall–Kier alpha value is -2.86. The molecule has 7 heteroatoms. The summed E-state index contributed by atoms with van der Waals surface area (Å²) in [5, 5.41) is 15.2. The van der Waals surface area contributed by atoms with Crippen LogP contribution < -0.4 is 9.64 Å². The van der Waals surface area contributed by atoms with Crippen LogP contribution in [0.15, 0.2) is 42.5 Å². The van der Waals surface area contributed by atoms with Crippen LogP contribution in [0.3, 0.4) is 0 Å². The van der Waals surface area contributed by atoms with Crippen LogP contribution in [0.4, 0.5) is 10.5 Å². The molecule has 0 unspecified atom stereocenters. The number of hydrogen-bond acceptors (Lipinski definition) is 4. The molecule has 0 spiro atoms. The highest BCUT2D eigenvalue weighted by Crippen LogP contribution is 2.30. The lowest BCUT2D eigenvalue weighted by molar-refractivity contribution is 0.218. The molecule has 2 amide bonds. The first-order chi connectivity index (χ1) is 13.1. The molecule has 1 saturated heterocycles. The smallest absolute Gasteiger partial charge is 0.324 e. The molecular formula is C20H21ClN4O2. The fraction of sp³-hybridized carbons (Fsp3) is 0.250. The predicted molar refractivity (Wildman–Crippen MR) is 108 cm³/mol. The lowest BCUT2D eigenvalue weighted by Gasteiger charge is -2.20. The van der Waals surface area contributed by atoms with E-state index in [-0.39, 0.29) is 6.03 Å². The Kier molecular flexibility index (Phi) is 5.76. The number of rotatable bonds is 7. The molecule has 2 aromatic rings. The van der Waals surface area contributed by atoms with Crippen LogP contribution in [-0.4, -0.2) is 43.6 Å². The molecule has 0 radical (unpaired) electrons. The summed E-state index contributed by atoms with van der Waals surface area (Å²) in [6, 6.07) is 12.9. The SMILES string of the molecule is COc1cccc(CN2CCN(c3ccc(C(C=N)C=N)c(Cl)c3)C2=O)c1. The van der Waals surface area contributed by atoms with Gasteiger partial charge in [-0.3, -0.25) is 4.90 Å². The normalized spacial score (nSPS) is 15.0. The molecule has 0 saturated carbocycles. The van der Waals surface area contributed by atoms with E-state index in [0.29, 0.717) is 30.2 Å². The second-order valence-corrected chi connectivity index (χ2v) is 6.68. The Bertz CT molecular complexity index is 863. The topological polar surface area (TPSA) is 80.5 Å². The summed E-state index contributed by atoms with van der Waals surface area (Å²) in [6.07, 6.45) is 2.34. The average molecular weight is 385 g/mol. The summed E-state index contributed by atoms with van der Waals surface area (Å²) >= 11 is 6.34. The molecule has 0 aliphatic carbocycles. The van der Waals surface area contributed by atoms with E-state index < -0.39 is 5.92 Å². The molecule has 0 atom stereocenters. The largest absolute Gasteiger partial charge is 0.497 e. The van der Waals surface area contributed by atoms with Gasteiger partial charge in [-0.25, -0.2) is 4.79 Å². The zero-order chi connectivity index (χ0) is 19.4. The van der Waals surface area contributed by atoms with Crippen molar-refractivity contribution in [2.45, 2.75) is 12.5 Å². The van der Waals surface area contributed by atoms with E-state index in [1.54, 1.807) is 29.0 Å². The van der Waals surface area contributed by atoms with Crippen molar-refractivity contribution in [1.82, 2.24) is 4.90 Å². The number of benzene rings is 2. The van der Waals surface area contributed by atoms with E-state index in [1.807, 2.05) is 30.3 Å². The van der Waals surface area contributed by atoms with Gasteiger partial charge >= 0.3 is 6.03 Å². The quantitative estimate of drug-likeness (QED) is 0.702. The molecule has 27 heavy (non-hydrogen) atoms. The maximum Gasteiger partial charge on any atom is 0.324 e. The number of anilines is 1. The summed E-state index contributed by atoms with van der Waals surface area (Å²) in [5.41, 5.74) is 2.42. The Labute approximate surface area is 163 Å². The van der Waals surface area contributed by atoms with Gasteiger partial charge < -0.3 is 20.5 Å². The van der Waals surface area contributed by atoms with Gasteiger partial charge in [0.15, 0.2) is 0 Å². The fourth-order valence-corrected chi connectivity index (χ4v) is 3.44. The van der Waals surface area contributed by atoms with Gasteiger partial charge in [-0.15, -0.1) is 0 Å². The van der Waals surface area contributed by atoms with E-state index in [4.69, 9.17) is 27.2 Å². The number of halogens is 1. The number of methoxy groups -OCH3 is 1. The van der Waals surface area contributed by atoms with E-state index >= 15 is 0 Å². The molecule has 2 aromatic carbocycles. The highest BCUT2D eigenvalue weighted by molar-refractivity contribution is 6.32. The van der Waals surface area contributed by atoms with Crippen molar-refractivity contribution in [3.63, 3.8) is 0 Å². The van der Waals surface area contributed by atoms with Crippen LogP contribution in [0.1, 0.15) is 17.0 Å². The molecule has 1 aliphatic rings. The number of carbonyl (C=O) groups is 1. The minimum atomic E-state index is -0.453. The molecule has 0 aromatic heterocycles. The van der Waals surface area contributed by atoms with Gasteiger partial charge in [0.2, 0.25) is 0 Å². The van der Waals surface area contributed by atoms with Crippen LogP contribution >= 0.6 is 11.6 Å². The van der Waals surface area contributed by atoms with E-state index in [2.05, 4.69) is 0 Å². The van der Waals surface area contributed by atoms with Crippen LogP contribution in [0.25, 0.3) is 0 Å². The maximum absolute atomic E-state index is 12.8. The number of hydrogen-bond donors (Lipinski definition) is 2. The Morgan fingerprint density at radius 2 is 1.96 bits per heavy atom. The summed E-state index contributed by atoms with van der Waals surface area (Å²) in [6.45, 7) is 1.72. The average Bonchev–Trinajstić information content (AvgIpc) is 3.04. The van der Waals surface area contributed by atoms with E-state index in [1.165, 1.54) is 12.4 Å². The zero-order valence-electron chi connectivity index (χ0n) is 15.0. The van der Waals surface area contributed by atoms with Crippen LogP contribution in [0.5, 0.6) is 5.75 Å². The number of carbonyl (C=O) groups excluding carboxylic acids is 1. The van der Waals surface area contributed by atoms with Gasteiger partial charge in [0, 0.05) is 42.8 Å². The Balaban J connectivity index is 1.75. The monoisotopic (exact) mass is 384 g/mol. The van der Waals surface area contributed by atoms with Crippen molar-refractivity contribution in [2.75, 3.05) is 25.1 Å². The maximum atomic E-state index is 12.8. The first-order valence-electron chi connectivity index (χ1n) is 8.57. The highest BCUT2D eigenvalue weighted by Gasteiger charge is 2.30. The Morgan fingerprint density at radius 1 is 1.19 bits per heavy atom. The third kappa shape index (κ3) is 3.95. The summed E-state index contributed by atoms with van der Waals surface area (Å²) in [5.74, 6) is 0.315. The first kappa shape index (κ1) is 18.9. The van der Waals surface area contributed by atoms with Crippen LogP contribution in [0, 0.1) is 10.8 Å². The van der Waals surface area contributed by atoms with Gasteiger partial charge in [0.1, 0.15) is 5.75 Å². The summed E-state index contributed by atoms with van der Waals surface area (Å²) in [4.78, 5) is 16.3. The molecule has 140 valence electrons. The highest BCUT2D eigenvalue weighted by atomic mass is 35.5. The van der Waals surface area contributed by atoms with Crippen molar-refractivity contribution in [3.8, 4) is 5.75 Å². The van der Waals surface area contributed by atoms with Crippen LogP contribution in [-0.2, 0) is 6.54 Å². The Morgan fingerprint density at radius 3 is 2.63 bits per heavy atom. The van der Waals surface area contributed by atoms with E-state index in [9.17, 15) is 4.79 Å². The van der Waals surface area contributed by atoms with Crippen molar-refractivity contribution < 1.29 is 9.53 Å². The second-order valence-electron chi connectivity index (χ2n) is 6.27. The van der Waals surface area contributed by atoms with Crippen molar-refractivity contribution >= 4 is 35.7 Å². The predicted octanol–water partition coefficient (Wildman–Crippen LogP) is 4.17. The van der Waals surface area contributed by atoms with Crippen molar-refractivity contribution in [1.29, 1.82) is 10.8 Å². The third-order valence-electron chi connectivity index (χ3n) is 4.62. The second kappa shape index (κ2) is 8.22. The van der Waals surface area contributed by atoms with E-state index in [0.717, 1.165) is 17.0 Å². The number of nitrogens with one attached hydrogen (secondary N) is 2. The molecule has 3 rings (SSSR count). The molecule has 0 bridgehead atoms. The lowest BCUT2D eigenvalue weighted by Crippen LogP contribution is -2.31. The van der Waals surface area contributed by atoms with Crippen LogP contribution in [0.2, 0.25) is 5.02 Å². The standard InChI is InChI=1S/C20H21ClN4O2/c1-27-17-4-2-3-14(9-17)13-24-7-8-25(20(24)26)16-5-6-18(19(21)10-16)15(11-22)12-23/h2-6,9-12,15,22-23H,7-8,13H2,1H3. The first-order valence-corrected chi connectivity index (χ1v) is 8.95. The number of amides is 2. The van der Waals surface area contributed by atoms with Gasteiger partial charge in [0.05, 0.1) is 13.0 Å².